The number of fused-ring (bicyclic) bond motifs is 1. The number of amides is 1. The molecule has 0 fully saturated rings. The number of carbonyl (C=O) groups excluding carboxylic acids is 1. The Labute approximate surface area is 148 Å². The van der Waals surface area contributed by atoms with Crippen LogP contribution in [-0.2, 0) is 0 Å². The molecule has 1 aromatic carbocycles. The highest BCUT2D eigenvalue weighted by Crippen LogP contribution is 2.25. The van der Waals surface area contributed by atoms with Crippen LogP contribution in [0, 0.1) is 11.6 Å². The normalized spacial score (nSPS) is 10.8. The first-order valence-electron chi connectivity index (χ1n) is 7.29. The van der Waals surface area contributed by atoms with Gasteiger partial charge >= 0.3 is 6.01 Å². The van der Waals surface area contributed by atoms with Crippen LogP contribution in [0.2, 0.25) is 0 Å². The molecule has 10 heteroatoms. The van der Waals surface area contributed by atoms with Gasteiger partial charge in [0, 0.05) is 12.3 Å². The second-order valence-electron chi connectivity index (χ2n) is 5.10. The minimum atomic E-state index is -0.873. The first kappa shape index (κ1) is 16.1. The predicted octanol–water partition coefficient (Wildman–Crippen LogP) is 3.74. The van der Waals surface area contributed by atoms with Gasteiger partial charge in [-0.3, -0.25) is 9.89 Å². The minimum Gasteiger partial charge on any atom is -0.421 e. The number of benzene rings is 1. The third-order valence-electron chi connectivity index (χ3n) is 3.37. The Bertz CT molecular complexity index is 1100. The van der Waals surface area contributed by atoms with Crippen molar-refractivity contribution in [2.75, 3.05) is 5.32 Å². The van der Waals surface area contributed by atoms with Crippen LogP contribution >= 0.6 is 11.3 Å². The summed E-state index contributed by atoms with van der Waals surface area (Å²) in [5.74, 6) is -1.84. The Morgan fingerprint density at radius 3 is 2.92 bits per heavy atom. The largest absolute Gasteiger partial charge is 0.421 e. The van der Waals surface area contributed by atoms with E-state index in [1.54, 1.807) is 17.5 Å². The molecule has 3 aromatic heterocycles. The summed E-state index contributed by atoms with van der Waals surface area (Å²) in [5, 5.41) is 11.5. The number of thiophene rings is 1. The molecule has 0 saturated heterocycles. The van der Waals surface area contributed by atoms with E-state index in [0.29, 0.717) is 22.0 Å². The number of nitrogens with one attached hydrogen (secondary N) is 2. The second kappa shape index (κ2) is 6.48. The summed E-state index contributed by atoms with van der Waals surface area (Å²) in [6.45, 7) is 0. The smallest absolute Gasteiger partial charge is 0.324 e. The Kier molecular flexibility index (Phi) is 4.01. The molecule has 3 heterocycles. The number of aromatic amines is 1. The minimum absolute atomic E-state index is 0.150. The quantitative estimate of drug-likeness (QED) is 0.568. The van der Waals surface area contributed by atoms with E-state index >= 15 is 0 Å². The molecule has 0 atom stereocenters. The summed E-state index contributed by atoms with van der Waals surface area (Å²) in [6, 6.07) is 6.20. The van der Waals surface area contributed by atoms with Crippen molar-refractivity contribution in [2.24, 2.45) is 0 Å². The molecule has 0 radical (unpaired) electrons. The van der Waals surface area contributed by atoms with Gasteiger partial charge in [0.15, 0.2) is 23.0 Å². The highest BCUT2D eigenvalue weighted by Gasteiger charge is 2.15. The number of hydrogen-bond donors (Lipinski definition) is 2. The number of aromatic nitrogens is 4. The molecule has 2 N–H and O–H groups in total. The van der Waals surface area contributed by atoms with Crippen molar-refractivity contribution < 1.29 is 18.3 Å². The van der Waals surface area contributed by atoms with Gasteiger partial charge in [-0.05, 0) is 23.6 Å². The molecule has 0 spiro atoms. The zero-order valence-corrected chi connectivity index (χ0v) is 13.7. The molecule has 7 nitrogen and oxygen atoms in total. The Morgan fingerprint density at radius 1 is 1.27 bits per heavy atom. The van der Waals surface area contributed by atoms with Crippen LogP contribution in [0.3, 0.4) is 0 Å². The van der Waals surface area contributed by atoms with Crippen LogP contribution < -0.4 is 10.1 Å². The third-order valence-corrected chi connectivity index (χ3v) is 4.24. The van der Waals surface area contributed by atoms with E-state index in [9.17, 15) is 13.6 Å². The molecular weight excluding hydrogens is 364 g/mol. The van der Waals surface area contributed by atoms with Crippen molar-refractivity contribution in [1.29, 1.82) is 0 Å². The van der Waals surface area contributed by atoms with Gasteiger partial charge < -0.3 is 10.1 Å². The van der Waals surface area contributed by atoms with E-state index in [2.05, 4.69) is 25.5 Å². The molecule has 0 aliphatic carbocycles. The molecule has 130 valence electrons. The molecular formula is C16H9F2N5O2S. The number of halogens is 2. The van der Waals surface area contributed by atoms with E-state index < -0.39 is 11.6 Å². The first-order chi connectivity index (χ1) is 12.6. The number of anilines is 1. The van der Waals surface area contributed by atoms with E-state index in [0.717, 1.165) is 12.1 Å². The van der Waals surface area contributed by atoms with Gasteiger partial charge in [0.25, 0.3) is 5.91 Å². The lowest BCUT2D eigenvalue weighted by Gasteiger charge is -2.04. The van der Waals surface area contributed by atoms with Crippen LogP contribution in [0.4, 0.5) is 14.6 Å². The number of H-pyrrole nitrogens is 1. The lowest BCUT2D eigenvalue weighted by molar-refractivity contribution is 0.103. The second-order valence-corrected chi connectivity index (χ2v) is 6.04. The van der Waals surface area contributed by atoms with Gasteiger partial charge in [0.2, 0.25) is 0 Å². The van der Waals surface area contributed by atoms with Crippen molar-refractivity contribution in [3.05, 3.63) is 58.4 Å². The van der Waals surface area contributed by atoms with E-state index in [1.807, 2.05) is 0 Å². The topological polar surface area (TPSA) is 92.8 Å². The maximum Gasteiger partial charge on any atom is 0.324 e. The van der Waals surface area contributed by atoms with E-state index in [-0.39, 0.29) is 23.5 Å². The molecule has 0 aliphatic heterocycles. The number of ether oxygens (including phenoxy) is 1. The highest BCUT2D eigenvalue weighted by molar-refractivity contribution is 7.12. The summed E-state index contributed by atoms with van der Waals surface area (Å²) in [4.78, 5) is 20.7. The summed E-state index contributed by atoms with van der Waals surface area (Å²) >= 11 is 1.30. The Hall–Kier alpha value is -3.40. The average molecular weight is 373 g/mol. The highest BCUT2D eigenvalue weighted by atomic mass is 32.1. The number of carbonyl (C=O) groups is 1. The molecule has 4 aromatic rings. The monoisotopic (exact) mass is 373 g/mol. The Morgan fingerprint density at radius 2 is 2.15 bits per heavy atom. The molecule has 0 aliphatic rings. The van der Waals surface area contributed by atoms with Crippen molar-refractivity contribution in [3.8, 4) is 11.8 Å². The Balaban J connectivity index is 1.58. The van der Waals surface area contributed by atoms with E-state index in [1.165, 1.54) is 17.5 Å². The number of hydrogen-bond acceptors (Lipinski definition) is 6. The van der Waals surface area contributed by atoms with Crippen molar-refractivity contribution in [2.45, 2.75) is 0 Å². The molecule has 26 heavy (non-hydrogen) atoms. The summed E-state index contributed by atoms with van der Waals surface area (Å²) in [6.07, 6.45) is 1.38. The molecule has 0 saturated carbocycles. The standard InChI is InChI=1S/C16H9F2N5O2S/c17-8-3-4-11(10(18)6-8)25-16-19-7-9-13(22-23-14(9)21-16)20-15(24)12-2-1-5-26-12/h1-7H,(H2,19,20,21,22,23,24). The fraction of sp³-hybridized carbons (Fsp3) is 0. The van der Waals surface area contributed by atoms with Gasteiger partial charge in [0.1, 0.15) is 5.82 Å². The third kappa shape index (κ3) is 3.09. The average Bonchev–Trinajstić information content (AvgIpc) is 3.28. The maximum atomic E-state index is 13.6. The fourth-order valence-electron chi connectivity index (χ4n) is 2.17. The molecule has 0 bridgehead atoms. The van der Waals surface area contributed by atoms with Gasteiger partial charge in [-0.1, -0.05) is 6.07 Å². The van der Waals surface area contributed by atoms with Crippen LogP contribution in [0.1, 0.15) is 9.67 Å². The van der Waals surface area contributed by atoms with E-state index in [4.69, 9.17) is 4.74 Å². The van der Waals surface area contributed by atoms with Crippen molar-refractivity contribution in [1.82, 2.24) is 20.2 Å². The van der Waals surface area contributed by atoms with Gasteiger partial charge in [-0.25, -0.2) is 13.8 Å². The van der Waals surface area contributed by atoms with Gasteiger partial charge in [-0.15, -0.1) is 11.3 Å². The van der Waals surface area contributed by atoms with Crippen molar-refractivity contribution >= 4 is 34.1 Å². The lowest BCUT2D eigenvalue weighted by Crippen LogP contribution is -2.10. The molecule has 0 unspecified atom stereocenters. The van der Waals surface area contributed by atoms with Crippen molar-refractivity contribution in [3.63, 3.8) is 0 Å². The lowest BCUT2D eigenvalue weighted by atomic mass is 10.3. The van der Waals surface area contributed by atoms with Crippen LogP contribution in [0.15, 0.2) is 41.9 Å². The van der Waals surface area contributed by atoms with Crippen LogP contribution in [0.5, 0.6) is 11.8 Å². The molecule has 4 rings (SSSR count). The molecule has 1 amide bonds. The first-order valence-corrected chi connectivity index (χ1v) is 8.17. The number of nitrogens with zero attached hydrogens (tertiary/aromatic N) is 3. The summed E-state index contributed by atoms with van der Waals surface area (Å²) in [7, 11) is 0. The van der Waals surface area contributed by atoms with Crippen LogP contribution in [0.25, 0.3) is 11.0 Å². The van der Waals surface area contributed by atoms with Crippen LogP contribution in [-0.4, -0.2) is 26.1 Å². The summed E-state index contributed by atoms with van der Waals surface area (Å²) < 4.78 is 31.8. The van der Waals surface area contributed by atoms with Gasteiger partial charge in [0.05, 0.1) is 10.3 Å². The fourth-order valence-corrected chi connectivity index (χ4v) is 2.79. The SMILES string of the molecule is O=C(Nc1n[nH]c2nc(Oc3ccc(F)cc3F)ncc12)c1cccs1. The van der Waals surface area contributed by atoms with Gasteiger partial charge in [-0.2, -0.15) is 10.1 Å². The zero-order chi connectivity index (χ0) is 18.1. The maximum absolute atomic E-state index is 13.6. The number of rotatable bonds is 4. The summed E-state index contributed by atoms with van der Waals surface area (Å²) in [5.41, 5.74) is 0.291. The zero-order valence-electron chi connectivity index (χ0n) is 12.9. The predicted molar refractivity (Wildman–Crippen MR) is 90.4 cm³/mol.